The Kier molecular flexibility index (Phi) is 4.81. The van der Waals surface area contributed by atoms with Gasteiger partial charge in [0, 0.05) is 36.3 Å². The number of ether oxygens (including phenoxy) is 1. The first-order valence-corrected chi connectivity index (χ1v) is 7.35. The smallest absolute Gasteiger partial charge is 0.408 e. The quantitative estimate of drug-likeness (QED) is 0.867. The zero-order valence-electron chi connectivity index (χ0n) is 13.1. The fraction of sp³-hybridized carbons (Fsp3) is 0.467. The molecule has 0 unspecified atom stereocenters. The van der Waals surface area contributed by atoms with E-state index in [0.29, 0.717) is 6.42 Å². The Morgan fingerprint density at radius 2 is 2.00 bits per heavy atom. The Morgan fingerprint density at radius 1 is 1.36 bits per heavy atom. The average molecular weight is 323 g/mol. The van der Waals surface area contributed by atoms with Gasteiger partial charge in [-0.15, -0.1) is 0 Å². The minimum Gasteiger partial charge on any atom is -0.444 e. The van der Waals surface area contributed by atoms with Crippen LogP contribution in [0.4, 0.5) is 4.79 Å². The Balaban J connectivity index is 1.91. The van der Waals surface area contributed by atoms with Crippen LogP contribution >= 0.6 is 11.6 Å². The predicted octanol–water partition coefficient (Wildman–Crippen LogP) is 3.23. The van der Waals surface area contributed by atoms with E-state index in [-0.39, 0.29) is 11.3 Å². The van der Waals surface area contributed by atoms with Crippen LogP contribution in [-0.4, -0.2) is 33.4 Å². The SMILES string of the molecule is C[C@H](NC(=O)OC(C)(C)C)C1=NC=C(c2cnc(Cl)nc2)C1. The molecule has 1 amide bonds. The number of alkyl carbamates (subject to hydrolysis) is 1. The summed E-state index contributed by atoms with van der Waals surface area (Å²) in [5, 5.41) is 2.99. The van der Waals surface area contributed by atoms with E-state index >= 15 is 0 Å². The van der Waals surface area contributed by atoms with E-state index in [2.05, 4.69) is 20.3 Å². The zero-order chi connectivity index (χ0) is 16.3. The van der Waals surface area contributed by atoms with Gasteiger partial charge in [-0.25, -0.2) is 14.8 Å². The summed E-state index contributed by atoms with van der Waals surface area (Å²) < 4.78 is 5.24. The standard InChI is InChI=1S/C15H19ClN4O2/c1-9(20-14(21)22-15(2,3)4)12-5-10(6-17-12)11-7-18-13(16)19-8-11/h6-9H,5H2,1-4H3,(H,20,21)/t9-/m0/s1. The number of aliphatic imine (C=N–C) groups is 1. The largest absolute Gasteiger partial charge is 0.444 e. The molecule has 22 heavy (non-hydrogen) atoms. The number of amides is 1. The van der Waals surface area contributed by atoms with Crippen LogP contribution in [0.2, 0.25) is 5.28 Å². The van der Waals surface area contributed by atoms with Crippen LogP contribution in [-0.2, 0) is 4.74 Å². The van der Waals surface area contributed by atoms with Crippen molar-refractivity contribution in [1.29, 1.82) is 0 Å². The van der Waals surface area contributed by atoms with Gasteiger partial charge in [-0.05, 0) is 44.9 Å². The van der Waals surface area contributed by atoms with Gasteiger partial charge in [0.1, 0.15) is 5.60 Å². The molecule has 0 saturated carbocycles. The molecule has 0 aromatic carbocycles. The molecular formula is C15H19ClN4O2. The highest BCUT2D eigenvalue weighted by atomic mass is 35.5. The van der Waals surface area contributed by atoms with Gasteiger partial charge in [0.05, 0.1) is 6.04 Å². The molecule has 1 atom stereocenters. The molecule has 1 N–H and O–H groups in total. The summed E-state index contributed by atoms with van der Waals surface area (Å²) in [6.45, 7) is 7.34. The van der Waals surface area contributed by atoms with Crippen LogP contribution in [0.1, 0.15) is 39.7 Å². The van der Waals surface area contributed by atoms with Crippen LogP contribution in [0.25, 0.3) is 5.57 Å². The summed E-state index contributed by atoms with van der Waals surface area (Å²) in [6.07, 6.45) is 5.25. The van der Waals surface area contributed by atoms with Gasteiger partial charge in [-0.1, -0.05) is 0 Å². The monoisotopic (exact) mass is 322 g/mol. The molecular weight excluding hydrogens is 304 g/mol. The van der Waals surface area contributed by atoms with Gasteiger partial charge < -0.3 is 10.1 Å². The minimum atomic E-state index is -0.522. The van der Waals surface area contributed by atoms with E-state index in [0.717, 1.165) is 16.8 Å². The first-order valence-electron chi connectivity index (χ1n) is 6.97. The lowest BCUT2D eigenvalue weighted by molar-refractivity contribution is 0.0521. The number of hydrogen-bond donors (Lipinski definition) is 1. The van der Waals surface area contributed by atoms with Crippen molar-refractivity contribution < 1.29 is 9.53 Å². The molecule has 0 saturated heterocycles. The molecule has 7 heteroatoms. The van der Waals surface area contributed by atoms with Crippen molar-refractivity contribution in [1.82, 2.24) is 15.3 Å². The number of allylic oxidation sites excluding steroid dienone is 1. The Hall–Kier alpha value is -1.95. The summed E-state index contributed by atoms with van der Waals surface area (Å²) >= 11 is 5.68. The lowest BCUT2D eigenvalue weighted by atomic mass is 10.0. The van der Waals surface area contributed by atoms with Crippen molar-refractivity contribution in [2.75, 3.05) is 0 Å². The highest BCUT2D eigenvalue weighted by molar-refractivity contribution is 6.28. The highest BCUT2D eigenvalue weighted by Crippen LogP contribution is 2.24. The molecule has 2 heterocycles. The molecule has 0 aliphatic carbocycles. The summed E-state index contributed by atoms with van der Waals surface area (Å²) in [5.74, 6) is 0. The zero-order valence-corrected chi connectivity index (χ0v) is 13.8. The van der Waals surface area contributed by atoms with Crippen LogP contribution in [0.15, 0.2) is 23.6 Å². The number of hydrogen-bond acceptors (Lipinski definition) is 5. The third kappa shape index (κ3) is 4.53. The van der Waals surface area contributed by atoms with Gasteiger partial charge in [-0.3, -0.25) is 4.99 Å². The molecule has 1 aliphatic heterocycles. The van der Waals surface area contributed by atoms with E-state index in [1.165, 1.54) is 0 Å². The van der Waals surface area contributed by atoms with Gasteiger partial charge in [0.15, 0.2) is 0 Å². The number of nitrogens with one attached hydrogen (secondary N) is 1. The predicted molar refractivity (Wildman–Crippen MR) is 85.9 cm³/mol. The van der Waals surface area contributed by atoms with E-state index < -0.39 is 11.7 Å². The van der Waals surface area contributed by atoms with Gasteiger partial charge in [0.2, 0.25) is 5.28 Å². The molecule has 0 radical (unpaired) electrons. The maximum Gasteiger partial charge on any atom is 0.408 e. The summed E-state index contributed by atoms with van der Waals surface area (Å²) in [4.78, 5) is 24.0. The van der Waals surface area contributed by atoms with Crippen molar-refractivity contribution in [3.05, 3.63) is 29.4 Å². The maximum absolute atomic E-state index is 11.8. The molecule has 2 rings (SSSR count). The molecule has 1 aliphatic rings. The van der Waals surface area contributed by atoms with Gasteiger partial charge in [-0.2, -0.15) is 0 Å². The first kappa shape index (κ1) is 16.4. The fourth-order valence-corrected chi connectivity index (χ4v) is 2.03. The fourth-order valence-electron chi connectivity index (χ4n) is 1.93. The number of nitrogens with zero attached hydrogens (tertiary/aromatic N) is 3. The molecule has 0 bridgehead atoms. The number of aromatic nitrogens is 2. The van der Waals surface area contributed by atoms with Crippen LogP contribution in [0, 0.1) is 0 Å². The lowest BCUT2D eigenvalue weighted by Crippen LogP contribution is -2.41. The number of rotatable bonds is 3. The van der Waals surface area contributed by atoms with Crippen molar-refractivity contribution in [2.24, 2.45) is 4.99 Å². The van der Waals surface area contributed by atoms with Crippen molar-refractivity contribution in [2.45, 2.75) is 45.8 Å². The Bertz CT molecular complexity index is 617. The molecule has 1 aromatic rings. The van der Waals surface area contributed by atoms with Gasteiger partial charge in [0.25, 0.3) is 0 Å². The van der Waals surface area contributed by atoms with Crippen molar-refractivity contribution >= 4 is 29.0 Å². The van der Waals surface area contributed by atoms with Crippen LogP contribution in [0.3, 0.4) is 0 Å². The molecule has 0 fully saturated rings. The van der Waals surface area contributed by atoms with E-state index in [1.54, 1.807) is 18.6 Å². The van der Waals surface area contributed by atoms with Gasteiger partial charge >= 0.3 is 6.09 Å². The number of carbonyl (C=O) groups excluding carboxylic acids is 1. The topological polar surface area (TPSA) is 76.5 Å². The van der Waals surface area contributed by atoms with Crippen LogP contribution in [0.5, 0.6) is 0 Å². The molecule has 0 spiro atoms. The Labute approximate surface area is 134 Å². The van der Waals surface area contributed by atoms with Crippen molar-refractivity contribution in [3.8, 4) is 0 Å². The second kappa shape index (κ2) is 6.44. The van der Waals surface area contributed by atoms with Crippen LogP contribution < -0.4 is 5.32 Å². The second-order valence-electron chi connectivity index (χ2n) is 6.06. The first-order chi connectivity index (χ1) is 10.2. The molecule has 1 aromatic heterocycles. The Morgan fingerprint density at radius 3 is 2.59 bits per heavy atom. The molecule has 118 valence electrons. The minimum absolute atomic E-state index is 0.211. The lowest BCUT2D eigenvalue weighted by Gasteiger charge is -2.22. The van der Waals surface area contributed by atoms with E-state index in [9.17, 15) is 4.79 Å². The summed E-state index contributed by atoms with van der Waals surface area (Å²) in [7, 11) is 0. The number of carbonyl (C=O) groups is 1. The second-order valence-corrected chi connectivity index (χ2v) is 6.40. The van der Waals surface area contributed by atoms with Crippen molar-refractivity contribution in [3.63, 3.8) is 0 Å². The third-order valence-corrected chi connectivity index (χ3v) is 3.18. The molecule has 6 nitrogen and oxygen atoms in total. The van der Waals surface area contributed by atoms with E-state index in [1.807, 2.05) is 27.7 Å². The normalized spacial score (nSPS) is 15.9. The average Bonchev–Trinajstić information content (AvgIpc) is 2.86. The van der Waals surface area contributed by atoms with E-state index in [4.69, 9.17) is 16.3 Å². The highest BCUT2D eigenvalue weighted by Gasteiger charge is 2.22. The summed E-state index contributed by atoms with van der Waals surface area (Å²) in [5.41, 5.74) is 2.19. The summed E-state index contributed by atoms with van der Waals surface area (Å²) in [6, 6.07) is -0.211. The third-order valence-electron chi connectivity index (χ3n) is 2.98. The maximum atomic E-state index is 11.8. The number of halogens is 1.